The number of carbonyl (C=O) groups is 1. The number of pyridine rings is 1. The molecule has 0 aliphatic rings. The number of nitrogens with two attached hydrogens (primary N) is 1. The van der Waals surface area contributed by atoms with Crippen molar-refractivity contribution in [1.82, 2.24) is 10.4 Å². The second kappa shape index (κ2) is 6.50. The quantitative estimate of drug-likeness (QED) is 0.502. The van der Waals surface area contributed by atoms with Gasteiger partial charge in [-0.3, -0.25) is 10.2 Å². The van der Waals surface area contributed by atoms with Gasteiger partial charge in [-0.05, 0) is 36.8 Å². The molecule has 1 heterocycles. The minimum Gasteiger partial charge on any atom is -0.487 e. The van der Waals surface area contributed by atoms with E-state index in [-0.39, 0.29) is 12.3 Å². The van der Waals surface area contributed by atoms with Crippen molar-refractivity contribution in [2.75, 3.05) is 0 Å². The Labute approximate surface area is 122 Å². The number of nitrogens with one attached hydrogen (secondary N) is 1. The molecule has 6 heteroatoms. The van der Waals surface area contributed by atoms with Crippen molar-refractivity contribution in [2.45, 2.75) is 13.5 Å². The number of benzene rings is 1. The average molecular weight is 282 g/mol. The normalized spacial score (nSPS) is 9.76. The van der Waals surface area contributed by atoms with E-state index in [0.717, 1.165) is 5.56 Å². The van der Waals surface area contributed by atoms with Crippen LogP contribution in [0.1, 0.15) is 27.3 Å². The number of aryl methyl sites for hydroxylation is 1. The monoisotopic (exact) mass is 282 g/mol. The zero-order valence-corrected chi connectivity index (χ0v) is 11.5. The van der Waals surface area contributed by atoms with E-state index in [4.69, 9.17) is 15.8 Å². The summed E-state index contributed by atoms with van der Waals surface area (Å²) in [7, 11) is 0. The van der Waals surface area contributed by atoms with Gasteiger partial charge in [0, 0.05) is 0 Å². The molecule has 106 valence electrons. The molecule has 0 spiro atoms. The maximum atomic E-state index is 11.4. The van der Waals surface area contributed by atoms with Crippen molar-refractivity contribution in [3.05, 3.63) is 58.9 Å². The third kappa shape index (κ3) is 3.55. The molecule has 21 heavy (non-hydrogen) atoms. The summed E-state index contributed by atoms with van der Waals surface area (Å²) < 4.78 is 5.66. The Kier molecular flexibility index (Phi) is 4.49. The van der Waals surface area contributed by atoms with Crippen LogP contribution in [0, 0.1) is 18.3 Å². The van der Waals surface area contributed by atoms with Crippen molar-refractivity contribution < 1.29 is 9.53 Å². The van der Waals surface area contributed by atoms with Crippen molar-refractivity contribution in [1.29, 1.82) is 5.26 Å². The second-order valence-electron chi connectivity index (χ2n) is 4.37. The molecule has 2 aromatic rings. The van der Waals surface area contributed by atoms with Crippen LogP contribution in [0.15, 0.2) is 36.4 Å². The topological polar surface area (TPSA) is 101 Å². The van der Waals surface area contributed by atoms with Crippen LogP contribution in [0.25, 0.3) is 0 Å². The predicted octanol–water partition coefficient (Wildman–Crippen LogP) is 1.44. The molecule has 1 aromatic carbocycles. The molecule has 0 unspecified atom stereocenters. The fourth-order valence-corrected chi connectivity index (χ4v) is 1.74. The van der Waals surface area contributed by atoms with Gasteiger partial charge in [0.2, 0.25) is 0 Å². The van der Waals surface area contributed by atoms with Crippen molar-refractivity contribution in [3.63, 3.8) is 0 Å². The van der Waals surface area contributed by atoms with E-state index in [1.807, 2.05) is 18.4 Å². The predicted molar refractivity (Wildman–Crippen MR) is 76.1 cm³/mol. The molecule has 0 saturated carbocycles. The highest BCUT2D eigenvalue weighted by molar-refractivity contribution is 5.91. The Morgan fingerprint density at radius 1 is 1.43 bits per heavy atom. The van der Waals surface area contributed by atoms with Gasteiger partial charge in [0.1, 0.15) is 18.1 Å². The van der Waals surface area contributed by atoms with Gasteiger partial charge in [-0.1, -0.05) is 12.1 Å². The fraction of sp³-hybridized carbons (Fsp3) is 0.133. The Morgan fingerprint density at radius 3 is 2.95 bits per heavy atom. The summed E-state index contributed by atoms with van der Waals surface area (Å²) in [6.45, 7) is 2.09. The summed E-state index contributed by atoms with van der Waals surface area (Å²) in [5, 5.41) is 8.89. The van der Waals surface area contributed by atoms with E-state index in [9.17, 15) is 4.79 Å². The number of nitrogens with zero attached hydrogens (tertiary/aromatic N) is 2. The van der Waals surface area contributed by atoms with Crippen LogP contribution in [-0.4, -0.2) is 10.9 Å². The van der Waals surface area contributed by atoms with Crippen molar-refractivity contribution >= 4 is 5.91 Å². The summed E-state index contributed by atoms with van der Waals surface area (Å²) in [4.78, 5) is 15.6. The van der Waals surface area contributed by atoms with Crippen molar-refractivity contribution in [2.24, 2.45) is 5.84 Å². The lowest BCUT2D eigenvalue weighted by Gasteiger charge is -2.09. The molecule has 1 amide bonds. The number of nitriles is 1. The molecular weight excluding hydrogens is 268 g/mol. The average Bonchev–Trinajstić information content (AvgIpc) is 2.53. The van der Waals surface area contributed by atoms with E-state index < -0.39 is 5.91 Å². The Morgan fingerprint density at radius 2 is 2.24 bits per heavy atom. The molecule has 0 fully saturated rings. The lowest BCUT2D eigenvalue weighted by atomic mass is 10.1. The summed E-state index contributed by atoms with van der Waals surface area (Å²) in [5.41, 5.74) is 4.30. The first kappa shape index (κ1) is 14.5. The maximum Gasteiger partial charge on any atom is 0.283 e. The number of amides is 1. The zero-order valence-electron chi connectivity index (χ0n) is 11.5. The van der Waals surface area contributed by atoms with Gasteiger partial charge in [0.05, 0.1) is 17.3 Å². The number of ether oxygens (including phenoxy) is 1. The number of aromatic nitrogens is 1. The van der Waals surface area contributed by atoms with Crippen LogP contribution >= 0.6 is 0 Å². The molecular formula is C15H14N4O2. The van der Waals surface area contributed by atoms with Gasteiger partial charge < -0.3 is 4.74 Å². The summed E-state index contributed by atoms with van der Waals surface area (Å²) in [6, 6.07) is 12.3. The van der Waals surface area contributed by atoms with Gasteiger partial charge in [-0.15, -0.1) is 0 Å². The van der Waals surface area contributed by atoms with Gasteiger partial charge in [0.25, 0.3) is 5.91 Å². The summed E-state index contributed by atoms with van der Waals surface area (Å²) >= 11 is 0. The minimum absolute atomic E-state index is 0.196. The Bertz CT molecular complexity index is 707. The zero-order chi connectivity index (χ0) is 15.2. The number of carbonyl (C=O) groups excluding carboxylic acids is 1. The minimum atomic E-state index is -0.459. The highest BCUT2D eigenvalue weighted by Crippen LogP contribution is 2.20. The number of rotatable bonds is 4. The van der Waals surface area contributed by atoms with E-state index in [1.54, 1.807) is 30.3 Å². The Balaban J connectivity index is 2.13. The van der Waals surface area contributed by atoms with Gasteiger partial charge in [-0.2, -0.15) is 5.26 Å². The van der Waals surface area contributed by atoms with Crippen LogP contribution in [0.5, 0.6) is 5.75 Å². The highest BCUT2D eigenvalue weighted by atomic mass is 16.5. The third-order valence-electron chi connectivity index (χ3n) is 2.86. The number of hydrogen-bond acceptors (Lipinski definition) is 5. The number of hydrogen-bond donors (Lipinski definition) is 2. The van der Waals surface area contributed by atoms with Crippen molar-refractivity contribution in [3.8, 4) is 11.8 Å². The summed E-state index contributed by atoms with van der Waals surface area (Å²) in [6.07, 6.45) is 0. The number of hydrazine groups is 1. The molecule has 1 aromatic heterocycles. The smallest absolute Gasteiger partial charge is 0.283 e. The molecule has 0 radical (unpaired) electrons. The largest absolute Gasteiger partial charge is 0.487 e. The first-order chi connectivity index (χ1) is 10.1. The molecule has 3 N–H and O–H groups in total. The van der Waals surface area contributed by atoms with Crippen LogP contribution in [0.2, 0.25) is 0 Å². The first-order valence-electron chi connectivity index (χ1n) is 6.24. The second-order valence-corrected chi connectivity index (χ2v) is 4.37. The Hall–Kier alpha value is -2.91. The fourth-order valence-electron chi connectivity index (χ4n) is 1.74. The van der Waals surface area contributed by atoms with Crippen LogP contribution < -0.4 is 16.0 Å². The summed E-state index contributed by atoms with van der Waals surface area (Å²) in [5.74, 6) is 5.23. The SMILES string of the molecule is Cc1ccc(C#N)cc1OCc1cccc(C(=O)NN)n1. The van der Waals surface area contributed by atoms with Gasteiger partial charge in [-0.25, -0.2) is 10.8 Å². The van der Waals surface area contributed by atoms with Gasteiger partial charge >= 0.3 is 0 Å². The third-order valence-corrected chi connectivity index (χ3v) is 2.86. The van der Waals surface area contributed by atoms with Crippen LogP contribution in [-0.2, 0) is 6.61 Å². The standard InChI is InChI=1S/C15H14N4O2/c1-10-5-6-11(8-16)7-14(10)21-9-12-3-2-4-13(18-12)15(20)19-17/h2-7H,9,17H2,1H3,(H,19,20). The number of nitrogen functional groups attached to an aromatic ring is 1. The molecule has 0 aliphatic heterocycles. The van der Waals surface area contributed by atoms with Crippen LogP contribution in [0.4, 0.5) is 0 Å². The van der Waals surface area contributed by atoms with Gasteiger partial charge in [0.15, 0.2) is 0 Å². The molecule has 0 saturated heterocycles. The highest BCUT2D eigenvalue weighted by Gasteiger charge is 2.07. The van der Waals surface area contributed by atoms with E-state index in [2.05, 4.69) is 11.1 Å². The molecule has 2 rings (SSSR count). The van der Waals surface area contributed by atoms with E-state index >= 15 is 0 Å². The maximum absolute atomic E-state index is 11.4. The lowest BCUT2D eigenvalue weighted by molar-refractivity contribution is 0.0948. The molecule has 0 aliphatic carbocycles. The van der Waals surface area contributed by atoms with Crippen LogP contribution in [0.3, 0.4) is 0 Å². The molecule has 6 nitrogen and oxygen atoms in total. The lowest BCUT2D eigenvalue weighted by Crippen LogP contribution is -2.30. The molecule has 0 bridgehead atoms. The van der Waals surface area contributed by atoms with E-state index in [0.29, 0.717) is 17.0 Å². The first-order valence-corrected chi connectivity index (χ1v) is 6.24. The van der Waals surface area contributed by atoms with E-state index in [1.165, 1.54) is 0 Å². The molecule has 0 atom stereocenters.